The van der Waals surface area contributed by atoms with Crippen LogP contribution in [0.15, 0.2) is 53.5 Å². The number of nitrogens with two attached hydrogens (primary N) is 1. The van der Waals surface area contributed by atoms with E-state index in [1.165, 1.54) is 4.57 Å². The fraction of sp³-hybridized carbons (Fsp3) is 0. The number of primary amides is 1. The van der Waals surface area contributed by atoms with Gasteiger partial charge in [-0.05, 0) is 30.3 Å². The number of fused-ring (bicyclic) bond motifs is 1. The maximum atomic E-state index is 12.5. The van der Waals surface area contributed by atoms with E-state index < -0.39 is 11.6 Å². The van der Waals surface area contributed by atoms with Crippen molar-refractivity contribution >= 4 is 28.7 Å². The minimum Gasteiger partial charge on any atom is -0.364 e. The summed E-state index contributed by atoms with van der Waals surface area (Å²) >= 11 is 6.03. The highest BCUT2D eigenvalue weighted by Crippen LogP contribution is 2.21. The van der Waals surface area contributed by atoms with Crippen molar-refractivity contribution < 1.29 is 4.79 Å². The van der Waals surface area contributed by atoms with Crippen LogP contribution in [0.3, 0.4) is 0 Å². The standard InChI is InChI=1S/C17H11ClN6O2/c18-9-4-3-5-10(8-9)24-16-13(22-17(24)26)12(14(19)25)21-15(23-16)11-6-1-2-7-20-11/h1-8H,(H2,19,25)(H,22,26). The molecule has 0 saturated heterocycles. The van der Waals surface area contributed by atoms with Gasteiger partial charge in [-0.1, -0.05) is 23.7 Å². The van der Waals surface area contributed by atoms with Gasteiger partial charge in [-0.15, -0.1) is 0 Å². The number of nitrogens with one attached hydrogen (secondary N) is 1. The number of H-pyrrole nitrogens is 1. The zero-order chi connectivity index (χ0) is 18.3. The molecule has 1 aromatic carbocycles. The number of nitrogens with zero attached hydrogens (tertiary/aromatic N) is 4. The average molecular weight is 367 g/mol. The summed E-state index contributed by atoms with van der Waals surface area (Å²) in [5.74, 6) is -0.601. The first kappa shape index (κ1) is 16.0. The van der Waals surface area contributed by atoms with Crippen molar-refractivity contribution in [1.82, 2.24) is 24.5 Å². The number of benzene rings is 1. The molecular weight excluding hydrogens is 356 g/mol. The molecule has 0 aliphatic heterocycles. The number of pyridine rings is 1. The number of halogens is 1. The van der Waals surface area contributed by atoms with E-state index in [0.29, 0.717) is 16.4 Å². The molecule has 0 atom stereocenters. The van der Waals surface area contributed by atoms with Crippen molar-refractivity contribution in [2.75, 3.05) is 0 Å². The lowest BCUT2D eigenvalue weighted by molar-refractivity contribution is 0.0997. The van der Waals surface area contributed by atoms with Gasteiger partial charge in [0.25, 0.3) is 5.91 Å². The third-order valence-electron chi connectivity index (χ3n) is 3.73. The fourth-order valence-electron chi connectivity index (χ4n) is 2.63. The summed E-state index contributed by atoms with van der Waals surface area (Å²) < 4.78 is 1.31. The van der Waals surface area contributed by atoms with E-state index in [-0.39, 0.29) is 22.7 Å². The van der Waals surface area contributed by atoms with E-state index >= 15 is 0 Å². The molecule has 128 valence electrons. The van der Waals surface area contributed by atoms with Gasteiger partial charge in [0.05, 0.1) is 5.69 Å². The van der Waals surface area contributed by atoms with Gasteiger partial charge in [0.15, 0.2) is 17.2 Å². The van der Waals surface area contributed by atoms with Crippen LogP contribution in [0.5, 0.6) is 0 Å². The molecule has 4 rings (SSSR count). The fourth-order valence-corrected chi connectivity index (χ4v) is 2.81. The summed E-state index contributed by atoms with van der Waals surface area (Å²) in [6.07, 6.45) is 1.58. The molecule has 0 aliphatic rings. The Bertz CT molecular complexity index is 1200. The van der Waals surface area contributed by atoms with Gasteiger partial charge < -0.3 is 10.7 Å². The van der Waals surface area contributed by atoms with Gasteiger partial charge in [-0.2, -0.15) is 0 Å². The first-order chi connectivity index (χ1) is 12.5. The number of carbonyl (C=O) groups excluding carboxylic acids is 1. The minimum atomic E-state index is -0.783. The van der Waals surface area contributed by atoms with Crippen LogP contribution in [-0.4, -0.2) is 30.4 Å². The van der Waals surface area contributed by atoms with Gasteiger partial charge in [-0.3, -0.25) is 9.78 Å². The van der Waals surface area contributed by atoms with Crippen molar-refractivity contribution in [3.63, 3.8) is 0 Å². The normalized spacial score (nSPS) is 11.0. The first-order valence-electron chi connectivity index (χ1n) is 7.54. The molecule has 3 N–H and O–H groups in total. The van der Waals surface area contributed by atoms with Gasteiger partial charge in [0.2, 0.25) is 0 Å². The maximum absolute atomic E-state index is 12.5. The third kappa shape index (κ3) is 2.62. The predicted molar refractivity (Wildman–Crippen MR) is 96.2 cm³/mol. The summed E-state index contributed by atoms with van der Waals surface area (Å²) in [6.45, 7) is 0. The lowest BCUT2D eigenvalue weighted by Crippen LogP contribution is -2.15. The largest absolute Gasteiger partial charge is 0.364 e. The van der Waals surface area contributed by atoms with Crippen LogP contribution in [0.2, 0.25) is 5.02 Å². The number of aromatic nitrogens is 5. The predicted octanol–water partition coefficient (Wildman–Crippen LogP) is 1.92. The number of rotatable bonds is 3. The zero-order valence-corrected chi connectivity index (χ0v) is 13.9. The van der Waals surface area contributed by atoms with Gasteiger partial charge in [-0.25, -0.2) is 19.3 Å². The van der Waals surface area contributed by atoms with E-state index in [1.54, 1.807) is 48.7 Å². The second-order valence-corrected chi connectivity index (χ2v) is 5.86. The second kappa shape index (κ2) is 6.08. The van der Waals surface area contributed by atoms with Crippen molar-refractivity contribution in [2.45, 2.75) is 0 Å². The molecule has 1 amide bonds. The third-order valence-corrected chi connectivity index (χ3v) is 3.97. The molecule has 4 aromatic rings. The van der Waals surface area contributed by atoms with Gasteiger partial charge in [0.1, 0.15) is 11.2 Å². The van der Waals surface area contributed by atoms with E-state index in [2.05, 4.69) is 19.9 Å². The number of carbonyl (C=O) groups is 1. The lowest BCUT2D eigenvalue weighted by atomic mass is 10.3. The maximum Gasteiger partial charge on any atom is 0.332 e. The van der Waals surface area contributed by atoms with Crippen LogP contribution in [0, 0.1) is 0 Å². The molecule has 0 aliphatic carbocycles. The van der Waals surface area contributed by atoms with Crippen LogP contribution in [0.25, 0.3) is 28.4 Å². The summed E-state index contributed by atoms with van der Waals surface area (Å²) in [6, 6.07) is 11.9. The minimum absolute atomic E-state index is 0.0893. The molecule has 0 bridgehead atoms. The molecule has 3 heterocycles. The quantitative estimate of drug-likeness (QED) is 0.574. The van der Waals surface area contributed by atoms with Crippen LogP contribution in [0.1, 0.15) is 10.5 Å². The molecule has 0 spiro atoms. The average Bonchev–Trinajstić information content (AvgIpc) is 2.97. The van der Waals surface area contributed by atoms with Crippen molar-refractivity contribution in [1.29, 1.82) is 0 Å². The molecule has 26 heavy (non-hydrogen) atoms. The molecule has 9 heteroatoms. The summed E-state index contributed by atoms with van der Waals surface area (Å²) in [5.41, 5.74) is 6.18. The second-order valence-electron chi connectivity index (χ2n) is 5.42. The Hall–Kier alpha value is -3.52. The van der Waals surface area contributed by atoms with E-state index in [1.807, 2.05) is 0 Å². The van der Waals surface area contributed by atoms with E-state index in [0.717, 1.165) is 0 Å². The molecular formula is C17H11ClN6O2. The Kier molecular flexibility index (Phi) is 3.74. The van der Waals surface area contributed by atoms with Crippen molar-refractivity contribution in [3.05, 3.63) is 69.9 Å². The number of hydrogen-bond donors (Lipinski definition) is 2. The Morgan fingerprint density at radius 1 is 1.15 bits per heavy atom. The number of aromatic amines is 1. The summed E-state index contributed by atoms with van der Waals surface area (Å²) in [5, 5.41) is 0.456. The molecule has 0 fully saturated rings. The molecule has 0 saturated carbocycles. The molecule has 0 radical (unpaired) electrons. The molecule has 8 nitrogen and oxygen atoms in total. The first-order valence-corrected chi connectivity index (χ1v) is 7.92. The molecule has 3 aromatic heterocycles. The Balaban J connectivity index is 2.08. The monoisotopic (exact) mass is 366 g/mol. The van der Waals surface area contributed by atoms with Crippen molar-refractivity contribution in [2.24, 2.45) is 5.73 Å². The topological polar surface area (TPSA) is 120 Å². The van der Waals surface area contributed by atoms with Crippen molar-refractivity contribution in [3.8, 4) is 17.2 Å². The Labute approximate surface area is 151 Å². The number of imidazole rings is 1. The van der Waals surface area contributed by atoms with Crippen LogP contribution in [0.4, 0.5) is 0 Å². The van der Waals surface area contributed by atoms with Gasteiger partial charge >= 0.3 is 5.69 Å². The summed E-state index contributed by atoms with van der Waals surface area (Å²) in [4.78, 5) is 39.7. The summed E-state index contributed by atoms with van der Waals surface area (Å²) in [7, 11) is 0. The van der Waals surface area contributed by atoms with E-state index in [4.69, 9.17) is 17.3 Å². The Morgan fingerprint density at radius 2 is 2.00 bits per heavy atom. The highest BCUT2D eigenvalue weighted by molar-refractivity contribution is 6.30. The molecule has 0 unspecified atom stereocenters. The van der Waals surface area contributed by atoms with Crippen LogP contribution >= 0.6 is 11.6 Å². The lowest BCUT2D eigenvalue weighted by Gasteiger charge is -2.06. The highest BCUT2D eigenvalue weighted by atomic mass is 35.5. The zero-order valence-electron chi connectivity index (χ0n) is 13.2. The smallest absolute Gasteiger partial charge is 0.332 e. The number of hydrogen-bond acceptors (Lipinski definition) is 5. The van der Waals surface area contributed by atoms with Crippen LogP contribution in [-0.2, 0) is 0 Å². The van der Waals surface area contributed by atoms with Gasteiger partial charge in [0, 0.05) is 11.2 Å². The Morgan fingerprint density at radius 3 is 2.69 bits per heavy atom. The SMILES string of the molecule is NC(=O)c1nc(-c2ccccn2)nc2c1[nH]c(=O)n2-c1cccc(Cl)c1. The number of amides is 1. The van der Waals surface area contributed by atoms with E-state index in [9.17, 15) is 9.59 Å². The van der Waals surface area contributed by atoms with Crippen LogP contribution < -0.4 is 11.4 Å². The highest BCUT2D eigenvalue weighted by Gasteiger charge is 2.20.